The zero-order valence-electron chi connectivity index (χ0n) is 61.5. The van der Waals surface area contributed by atoms with Gasteiger partial charge in [-0.3, -0.25) is 29.1 Å². The van der Waals surface area contributed by atoms with Crippen LogP contribution in [0, 0.1) is 0 Å². The molecular weight excluding hydrogens is 1430 g/mol. The first-order valence-electron chi connectivity index (χ1n) is 34.6. The number of carbonyl (C=O) groups excluding carboxylic acids is 6. The van der Waals surface area contributed by atoms with Crippen LogP contribution < -0.4 is 47.0 Å². The number of nitrogens with zero attached hydrogens (tertiary/aromatic N) is 15. The molecule has 572 valence electrons. The Bertz CT molecular complexity index is 5180. The Hall–Kier alpha value is -12.3. The lowest BCUT2D eigenvalue weighted by Gasteiger charge is -2.32. The van der Waals surface area contributed by atoms with Gasteiger partial charge in [0, 0.05) is 39.3 Å². The second-order valence-electron chi connectivity index (χ2n) is 28.9. The highest BCUT2D eigenvalue weighted by Gasteiger charge is 2.36. The summed E-state index contributed by atoms with van der Waals surface area (Å²) in [4.78, 5) is 106. The zero-order valence-corrected chi connectivity index (χ0v) is 62.3. The molecule has 3 saturated carbocycles. The molecule has 15 rings (SSSR count). The van der Waals surface area contributed by atoms with Gasteiger partial charge in [0.25, 0.3) is 17.7 Å². The number of fused-ring (bicyclic) bond motifs is 6. The molecule has 109 heavy (non-hydrogen) atoms. The van der Waals surface area contributed by atoms with Crippen molar-refractivity contribution in [1.29, 1.82) is 0 Å². The summed E-state index contributed by atoms with van der Waals surface area (Å²) in [6.45, 7) is 15.9. The van der Waals surface area contributed by atoms with Crippen molar-refractivity contribution in [1.82, 2.24) is 74.7 Å². The van der Waals surface area contributed by atoms with Crippen LogP contribution in [-0.4, -0.2) is 184 Å². The Morgan fingerprint density at radius 1 is 0.477 bits per heavy atom. The molecule has 9 aromatic heterocycles. The van der Waals surface area contributed by atoms with E-state index < -0.39 is 71.1 Å². The van der Waals surface area contributed by atoms with Crippen molar-refractivity contribution >= 4 is 144 Å². The minimum Gasteiger partial charge on any atom is -0.443 e. The summed E-state index contributed by atoms with van der Waals surface area (Å²) in [5.41, 5.74) is 10.6. The summed E-state index contributed by atoms with van der Waals surface area (Å²) in [6.07, 6.45) is 8.79. The van der Waals surface area contributed by atoms with Crippen LogP contribution in [0.1, 0.15) is 132 Å². The summed E-state index contributed by atoms with van der Waals surface area (Å²) >= 11 is 6.10. The van der Waals surface area contributed by atoms with Gasteiger partial charge in [-0.05, 0) is 137 Å². The van der Waals surface area contributed by atoms with Crippen LogP contribution in [0.25, 0.3) is 50.2 Å². The Morgan fingerprint density at radius 3 is 1.12 bits per heavy atom. The third kappa shape index (κ3) is 17.3. The Morgan fingerprint density at radius 2 is 0.798 bits per heavy atom. The van der Waals surface area contributed by atoms with Crippen molar-refractivity contribution in [3.63, 3.8) is 0 Å². The fourth-order valence-electron chi connectivity index (χ4n) is 11.3. The molecule has 36 nitrogen and oxygen atoms in total. The van der Waals surface area contributed by atoms with Gasteiger partial charge < -0.3 is 75.1 Å². The number of oxazole rings is 3. The molecule has 3 aliphatic rings. The highest BCUT2D eigenvalue weighted by atomic mass is 35.5. The van der Waals surface area contributed by atoms with E-state index in [1.54, 1.807) is 107 Å². The number of nitrogen functional groups attached to an aromatic ring is 1. The maximum absolute atomic E-state index is 13.0. The molecule has 0 unspecified atom stereocenters. The van der Waals surface area contributed by atoms with Crippen molar-refractivity contribution in [2.24, 2.45) is 0 Å². The van der Waals surface area contributed by atoms with Crippen molar-refractivity contribution in [2.75, 3.05) is 52.2 Å². The normalized spacial score (nSPS) is 17.4. The predicted octanol–water partition coefficient (Wildman–Crippen LogP) is 9.89. The molecule has 6 amide bonds. The van der Waals surface area contributed by atoms with Gasteiger partial charge in [0.2, 0.25) is 0 Å². The minimum atomic E-state index is -0.708. The van der Waals surface area contributed by atoms with E-state index in [-0.39, 0.29) is 56.9 Å². The number of ether oxygens (including phenoxy) is 3. The topological polar surface area (TPSA) is 455 Å². The number of carbonyl (C=O) groups is 6. The molecule has 0 spiro atoms. The first-order valence-corrected chi connectivity index (χ1v) is 35.0. The average Bonchev–Trinajstić information content (AvgIpc) is 1.66. The Kier molecular flexibility index (Phi) is 21.6. The van der Waals surface area contributed by atoms with Gasteiger partial charge in [-0.25, -0.2) is 44.3 Å². The smallest absolute Gasteiger partial charge is 0.415 e. The Balaban J connectivity index is 0.000000144. The second-order valence-corrected chi connectivity index (χ2v) is 29.3. The SMILES string of the molecule is CN(C(=O)OC(C)(C)C)c1cc(Cl)nc2c(C(=O)N[C@@H]3CC[C@H]3O)cnn12.CN(C(=O)OC(C)(C)C)c1cc(Nc2cccc3ocnc23)nc2c(C(=O)N[C@@H]3CC[C@H]3O)cnn12.CN(C(=O)OC(C)(C)C)c1cc(Nc2cccc3ocnc23)nc2c(C(=O)N[C@@H]3CC[C@H]3O)cnn12.Nc1cccc2ocnc12. The maximum atomic E-state index is 13.0. The van der Waals surface area contributed by atoms with Crippen molar-refractivity contribution in [3.05, 3.63) is 132 Å². The predicted molar refractivity (Wildman–Crippen MR) is 400 cm³/mol. The number of benzene rings is 3. The van der Waals surface area contributed by atoms with Crippen LogP contribution in [-0.2, 0) is 14.2 Å². The van der Waals surface area contributed by atoms with Gasteiger partial charge in [0.05, 0.1) is 72.1 Å². The van der Waals surface area contributed by atoms with E-state index >= 15 is 0 Å². The van der Waals surface area contributed by atoms with Gasteiger partial charge in [-0.15, -0.1) is 0 Å². The molecule has 12 aromatic rings. The van der Waals surface area contributed by atoms with Crippen LogP contribution >= 0.6 is 11.6 Å². The molecule has 3 fully saturated rings. The highest BCUT2D eigenvalue weighted by molar-refractivity contribution is 6.30. The summed E-state index contributed by atoms with van der Waals surface area (Å²) in [6, 6.07) is 20.1. The number of halogens is 1. The van der Waals surface area contributed by atoms with Gasteiger partial charge >= 0.3 is 18.3 Å². The highest BCUT2D eigenvalue weighted by Crippen LogP contribution is 2.33. The number of nitrogens with one attached hydrogen (secondary N) is 5. The molecular formula is C72H82ClN21O15. The van der Waals surface area contributed by atoms with Crippen LogP contribution in [0.15, 0.2) is 124 Å². The lowest BCUT2D eigenvalue weighted by atomic mass is 9.89. The minimum absolute atomic E-state index is 0.103. The number of aromatic nitrogens is 12. The molecule has 0 aliphatic heterocycles. The van der Waals surface area contributed by atoms with E-state index in [0.717, 1.165) is 11.1 Å². The van der Waals surface area contributed by atoms with E-state index in [0.29, 0.717) is 107 Å². The number of nitrogens with two attached hydrogens (primary N) is 1. The molecule has 3 aromatic carbocycles. The summed E-state index contributed by atoms with van der Waals surface area (Å²) < 4.78 is 36.3. The van der Waals surface area contributed by atoms with E-state index in [9.17, 15) is 44.1 Å². The van der Waals surface area contributed by atoms with Gasteiger partial charge in [-0.1, -0.05) is 29.8 Å². The molecule has 10 N–H and O–H groups in total. The third-order valence-electron chi connectivity index (χ3n) is 17.4. The standard InChI is InChI=1S/2C24H27N7O5.C17H22ClN5O4.C7H6N2O/c2*1-24(2,3)36-23(34)30(4)19-10-18(27-15-6-5-7-17-20(15)25-12-35-17)29-21-13(11-26-31(19)21)22(33)28-14-8-9-16(14)32;1-17(2,3)27-16(26)22(4)13-7-12(18)21-14-9(8-19-23(13)14)15(25)20-10-5-6-11(10)24;8-5-2-1-3-6-7(5)9-4-10-6/h2*5-7,10-12,14,16,32H,8-9H2,1-4H3,(H,27,29)(H,28,33);7-8,10-11,24H,5-6H2,1-4H3,(H,20,25);1-4H,8H2/t2*14-,16-;10-,11-;/m111./s1. The summed E-state index contributed by atoms with van der Waals surface area (Å²) in [5, 5.41) is 57.2. The Labute approximate surface area is 626 Å². The number of aliphatic hydroxyl groups is 3. The maximum Gasteiger partial charge on any atom is 0.415 e. The molecule has 0 radical (unpaired) electrons. The van der Waals surface area contributed by atoms with Crippen LogP contribution in [0.3, 0.4) is 0 Å². The molecule has 6 atom stereocenters. The fourth-order valence-corrected chi connectivity index (χ4v) is 11.4. The zero-order chi connectivity index (χ0) is 78.1. The van der Waals surface area contributed by atoms with Crippen LogP contribution in [0.2, 0.25) is 5.15 Å². The van der Waals surface area contributed by atoms with E-state index in [1.165, 1.54) is 79.1 Å². The number of rotatable bonds is 13. The molecule has 0 bridgehead atoms. The number of anilines is 8. The van der Waals surface area contributed by atoms with Gasteiger partial charge in [0.15, 0.2) is 52.9 Å². The van der Waals surface area contributed by atoms with Crippen LogP contribution in [0.5, 0.6) is 0 Å². The number of amides is 6. The molecule has 3 aliphatic carbocycles. The average molecular weight is 1520 g/mol. The van der Waals surface area contributed by atoms with Gasteiger partial charge in [-0.2, -0.15) is 28.8 Å². The summed E-state index contributed by atoms with van der Waals surface area (Å²) in [5.74, 6) is 0.420. The quantitative estimate of drug-likeness (QED) is 0.0294. The van der Waals surface area contributed by atoms with Crippen molar-refractivity contribution in [3.8, 4) is 0 Å². The number of aliphatic hydroxyl groups excluding tert-OH is 3. The van der Waals surface area contributed by atoms with Gasteiger partial charge in [0.1, 0.15) is 84.3 Å². The van der Waals surface area contributed by atoms with Crippen molar-refractivity contribution < 1.29 is 71.5 Å². The van der Waals surface area contributed by atoms with E-state index in [2.05, 4.69) is 71.8 Å². The largest absolute Gasteiger partial charge is 0.443 e. The first-order chi connectivity index (χ1) is 51.6. The number of para-hydroxylation sites is 3. The fraction of sp³-hybridized carbons (Fsp3) is 0.375. The van der Waals surface area contributed by atoms with E-state index in [4.69, 9.17) is 44.8 Å². The van der Waals surface area contributed by atoms with Crippen LogP contribution in [0.4, 0.5) is 60.5 Å². The molecule has 37 heteroatoms. The number of hydrogen-bond donors (Lipinski definition) is 9. The summed E-state index contributed by atoms with van der Waals surface area (Å²) in [7, 11) is 4.62. The lowest BCUT2D eigenvalue weighted by molar-refractivity contribution is 0.0448. The molecule has 9 heterocycles. The number of hydrogen-bond acceptors (Lipinski definition) is 27. The van der Waals surface area contributed by atoms with Crippen molar-refractivity contribution in [2.45, 2.75) is 154 Å². The first kappa shape index (κ1) is 76.4. The molecule has 0 saturated heterocycles. The monoisotopic (exact) mass is 1520 g/mol. The van der Waals surface area contributed by atoms with E-state index in [1.807, 2.05) is 36.4 Å². The third-order valence-corrected chi connectivity index (χ3v) is 17.6. The second kappa shape index (κ2) is 30.9. The lowest BCUT2D eigenvalue weighted by Crippen LogP contribution is -2.50.